The van der Waals surface area contributed by atoms with Gasteiger partial charge < -0.3 is 9.29 Å². The molecule has 1 N–H and O–H groups in total. The highest BCUT2D eigenvalue weighted by molar-refractivity contribution is 7.81. The Bertz CT molecular complexity index is 374. The summed E-state index contributed by atoms with van der Waals surface area (Å²) in [6, 6.07) is 10.0. The second kappa shape index (κ2) is 5.76. The molecule has 4 heteroatoms. The van der Waals surface area contributed by atoms with Crippen molar-refractivity contribution < 1.29 is 13.5 Å². The normalized spacial score (nSPS) is 18.9. The zero-order chi connectivity index (χ0) is 12.1. The number of rotatable bonds is 7. The highest BCUT2D eigenvalue weighted by Gasteiger charge is 2.47. The zero-order valence-electron chi connectivity index (χ0n) is 9.80. The third-order valence-electron chi connectivity index (χ3n) is 3.21. The molecule has 3 nitrogen and oxygen atoms in total. The van der Waals surface area contributed by atoms with Crippen molar-refractivity contribution in [2.75, 3.05) is 6.61 Å². The van der Waals surface area contributed by atoms with Gasteiger partial charge >= 0.3 is 0 Å². The summed E-state index contributed by atoms with van der Waals surface area (Å²) in [5, 5.41) is 0. The molecule has 2 rings (SSSR count). The molecule has 1 aliphatic rings. The molecule has 0 amide bonds. The largest absolute Gasteiger partial charge is 0.377 e. The molecule has 0 spiro atoms. The lowest BCUT2D eigenvalue weighted by molar-refractivity contribution is 0.116. The van der Waals surface area contributed by atoms with Crippen LogP contribution in [0.1, 0.15) is 31.2 Å². The van der Waals surface area contributed by atoms with E-state index in [0.717, 1.165) is 25.7 Å². The van der Waals surface area contributed by atoms with Crippen LogP contribution in [-0.4, -0.2) is 20.1 Å². The second-order valence-corrected chi connectivity index (χ2v) is 5.94. The minimum Gasteiger partial charge on any atom is -0.377 e. The fourth-order valence-electron chi connectivity index (χ4n) is 1.91. The molecular formula is C13H18O3S. The van der Waals surface area contributed by atoms with Gasteiger partial charge in [0.05, 0.1) is 11.4 Å². The zero-order valence-corrected chi connectivity index (χ0v) is 10.6. The summed E-state index contributed by atoms with van der Waals surface area (Å²) >= 11 is -1.66. The molecule has 1 aliphatic carbocycles. The Balaban J connectivity index is 1.60. The molecule has 0 saturated heterocycles. The molecule has 0 bridgehead atoms. The summed E-state index contributed by atoms with van der Waals surface area (Å²) in [5.74, 6) is 0. The van der Waals surface area contributed by atoms with Gasteiger partial charge in [-0.2, -0.15) is 0 Å². The Labute approximate surface area is 104 Å². The van der Waals surface area contributed by atoms with Crippen molar-refractivity contribution in [3.63, 3.8) is 0 Å². The maximum atomic E-state index is 11.0. The van der Waals surface area contributed by atoms with Crippen LogP contribution in [0.25, 0.3) is 0 Å². The van der Waals surface area contributed by atoms with Gasteiger partial charge in [-0.1, -0.05) is 30.3 Å². The predicted molar refractivity (Wildman–Crippen MR) is 68.1 cm³/mol. The van der Waals surface area contributed by atoms with Crippen molar-refractivity contribution in [1.29, 1.82) is 0 Å². The summed E-state index contributed by atoms with van der Waals surface area (Å²) in [7, 11) is 0. The van der Waals surface area contributed by atoms with E-state index in [1.807, 2.05) is 30.3 Å². The van der Waals surface area contributed by atoms with E-state index in [2.05, 4.69) is 0 Å². The van der Waals surface area contributed by atoms with Crippen molar-refractivity contribution >= 4 is 11.1 Å². The number of hydrogen-bond acceptors (Lipinski definition) is 2. The summed E-state index contributed by atoms with van der Waals surface area (Å²) in [6.07, 6.45) is 3.42. The van der Waals surface area contributed by atoms with Gasteiger partial charge in [-0.15, -0.1) is 0 Å². The van der Waals surface area contributed by atoms with Gasteiger partial charge in [-0.05, 0) is 31.2 Å². The summed E-state index contributed by atoms with van der Waals surface area (Å²) in [6.45, 7) is 1.28. The van der Waals surface area contributed by atoms with Gasteiger partial charge in [0.25, 0.3) is 0 Å². The maximum Gasteiger partial charge on any atom is 0.159 e. The summed E-state index contributed by atoms with van der Waals surface area (Å²) < 4.78 is 25.4. The van der Waals surface area contributed by atoms with Gasteiger partial charge in [0.15, 0.2) is 11.1 Å². The van der Waals surface area contributed by atoms with Crippen LogP contribution in [0.3, 0.4) is 0 Å². The smallest absolute Gasteiger partial charge is 0.159 e. The Morgan fingerprint density at radius 3 is 2.59 bits per heavy atom. The van der Waals surface area contributed by atoms with E-state index in [-0.39, 0.29) is 4.75 Å². The molecule has 0 aromatic heterocycles. The summed E-state index contributed by atoms with van der Waals surface area (Å²) in [5.41, 5.74) is 1.17. The molecule has 1 fully saturated rings. The lowest BCUT2D eigenvalue weighted by Gasteiger charge is -2.10. The van der Waals surface area contributed by atoms with Crippen LogP contribution >= 0.6 is 0 Å². The van der Waals surface area contributed by atoms with Crippen LogP contribution in [-0.2, 0) is 22.4 Å². The van der Waals surface area contributed by atoms with Crippen LogP contribution in [0, 0.1) is 0 Å². The van der Waals surface area contributed by atoms with Crippen molar-refractivity contribution in [1.82, 2.24) is 0 Å². The lowest BCUT2D eigenvalue weighted by atomic mass is 10.2. The van der Waals surface area contributed by atoms with Crippen LogP contribution in [0.2, 0.25) is 0 Å². The van der Waals surface area contributed by atoms with Gasteiger partial charge in [-0.3, -0.25) is 0 Å². The molecular weight excluding hydrogens is 236 g/mol. The van der Waals surface area contributed by atoms with E-state index in [1.54, 1.807) is 0 Å². The van der Waals surface area contributed by atoms with Crippen LogP contribution in [0.15, 0.2) is 30.3 Å². The first kappa shape index (κ1) is 12.7. The Hall–Kier alpha value is -0.710. The van der Waals surface area contributed by atoms with E-state index in [1.165, 1.54) is 5.56 Å². The molecule has 0 aliphatic heterocycles. The molecule has 17 heavy (non-hydrogen) atoms. The quantitative estimate of drug-likeness (QED) is 0.601. The maximum absolute atomic E-state index is 11.0. The van der Waals surface area contributed by atoms with Gasteiger partial charge in [0.1, 0.15) is 0 Å². The molecule has 1 unspecified atom stereocenters. The lowest BCUT2D eigenvalue weighted by Crippen LogP contribution is -2.16. The molecule has 0 heterocycles. The second-order valence-electron chi connectivity index (χ2n) is 4.57. The average Bonchev–Trinajstić information content (AvgIpc) is 3.11. The number of ether oxygens (including phenoxy) is 1. The van der Waals surface area contributed by atoms with Gasteiger partial charge in [0, 0.05) is 6.61 Å². The van der Waals surface area contributed by atoms with Crippen molar-refractivity contribution in [2.45, 2.75) is 37.0 Å². The number of benzene rings is 1. The van der Waals surface area contributed by atoms with E-state index >= 15 is 0 Å². The minimum absolute atomic E-state index is 0.296. The Morgan fingerprint density at radius 2 is 2.00 bits per heavy atom. The van der Waals surface area contributed by atoms with Crippen molar-refractivity contribution in [3.8, 4) is 0 Å². The standard InChI is InChI=1S/C13H18O3S/c14-17(15)13(8-9-13)7-4-10-16-11-12-5-2-1-3-6-12/h1-3,5-6H,4,7-11H2,(H,14,15). The average molecular weight is 254 g/mol. The van der Waals surface area contributed by atoms with E-state index < -0.39 is 11.1 Å². The summed E-state index contributed by atoms with van der Waals surface area (Å²) in [4.78, 5) is 0. The van der Waals surface area contributed by atoms with Crippen LogP contribution in [0.4, 0.5) is 0 Å². The fourth-order valence-corrected chi connectivity index (χ4v) is 2.68. The Morgan fingerprint density at radius 1 is 1.29 bits per heavy atom. The van der Waals surface area contributed by atoms with Gasteiger partial charge in [-0.25, -0.2) is 4.21 Å². The minimum atomic E-state index is -1.66. The predicted octanol–water partition coefficient (Wildman–Crippen LogP) is 2.74. The highest BCUT2D eigenvalue weighted by Crippen LogP contribution is 2.44. The molecule has 1 aromatic rings. The number of hydrogen-bond donors (Lipinski definition) is 1. The molecule has 1 atom stereocenters. The third kappa shape index (κ3) is 3.63. The molecule has 1 saturated carbocycles. The van der Waals surface area contributed by atoms with E-state index in [4.69, 9.17) is 9.29 Å². The van der Waals surface area contributed by atoms with Crippen molar-refractivity contribution in [2.24, 2.45) is 0 Å². The first-order valence-electron chi connectivity index (χ1n) is 5.96. The fraction of sp³-hybridized carbons (Fsp3) is 0.538. The van der Waals surface area contributed by atoms with Crippen LogP contribution < -0.4 is 0 Å². The monoisotopic (exact) mass is 254 g/mol. The third-order valence-corrected chi connectivity index (χ3v) is 4.56. The van der Waals surface area contributed by atoms with Crippen molar-refractivity contribution in [3.05, 3.63) is 35.9 Å². The first-order valence-corrected chi connectivity index (χ1v) is 7.06. The van der Waals surface area contributed by atoms with Crippen LogP contribution in [0.5, 0.6) is 0 Å². The van der Waals surface area contributed by atoms with E-state index in [0.29, 0.717) is 13.2 Å². The SMILES string of the molecule is O=S(O)C1(CCCOCc2ccccc2)CC1. The molecule has 1 aromatic carbocycles. The first-order chi connectivity index (χ1) is 8.23. The highest BCUT2D eigenvalue weighted by atomic mass is 32.2. The van der Waals surface area contributed by atoms with Gasteiger partial charge in [0.2, 0.25) is 0 Å². The Kier molecular flexibility index (Phi) is 4.31. The molecule has 94 valence electrons. The molecule has 0 radical (unpaired) electrons. The topological polar surface area (TPSA) is 46.5 Å². The van der Waals surface area contributed by atoms with E-state index in [9.17, 15) is 4.21 Å².